The maximum absolute atomic E-state index is 12.5. The minimum atomic E-state index is -0.175. The monoisotopic (exact) mass is 320 g/mol. The summed E-state index contributed by atoms with van der Waals surface area (Å²) in [5.74, 6) is -0.189. The number of hydrogen-bond acceptors (Lipinski definition) is 2. The van der Waals surface area contributed by atoms with Crippen LogP contribution in [-0.4, -0.2) is 29.8 Å². The molecule has 1 saturated heterocycles. The SMILES string of the molecule is O=C(Nc1ccc(Cl)cc1)C1CC1C(=O)N1CCCCCC1. The van der Waals surface area contributed by atoms with Gasteiger partial charge in [-0.2, -0.15) is 0 Å². The number of anilines is 1. The van der Waals surface area contributed by atoms with E-state index in [2.05, 4.69) is 5.32 Å². The van der Waals surface area contributed by atoms with Crippen molar-refractivity contribution in [3.63, 3.8) is 0 Å². The normalized spacial score (nSPS) is 24.5. The van der Waals surface area contributed by atoms with Gasteiger partial charge in [0.15, 0.2) is 0 Å². The average molecular weight is 321 g/mol. The molecule has 118 valence electrons. The molecule has 0 aromatic heterocycles. The van der Waals surface area contributed by atoms with Gasteiger partial charge in [0.25, 0.3) is 0 Å². The van der Waals surface area contributed by atoms with Crippen LogP contribution in [0.3, 0.4) is 0 Å². The van der Waals surface area contributed by atoms with E-state index in [0.29, 0.717) is 11.4 Å². The Hall–Kier alpha value is -1.55. The second-order valence-electron chi connectivity index (χ2n) is 6.18. The number of hydrogen-bond donors (Lipinski definition) is 1. The Bertz CT molecular complexity index is 550. The van der Waals surface area contributed by atoms with Crippen molar-refractivity contribution in [1.29, 1.82) is 0 Å². The van der Waals surface area contributed by atoms with Crippen LogP contribution in [0.5, 0.6) is 0 Å². The lowest BCUT2D eigenvalue weighted by Gasteiger charge is -2.20. The Morgan fingerprint density at radius 1 is 1.00 bits per heavy atom. The molecule has 0 spiro atoms. The molecule has 3 rings (SSSR count). The molecule has 1 heterocycles. The molecule has 5 heteroatoms. The molecule has 1 N–H and O–H groups in total. The molecule has 0 radical (unpaired) electrons. The molecule has 2 amide bonds. The van der Waals surface area contributed by atoms with Crippen molar-refractivity contribution in [1.82, 2.24) is 4.90 Å². The van der Waals surface area contributed by atoms with E-state index < -0.39 is 0 Å². The van der Waals surface area contributed by atoms with E-state index in [4.69, 9.17) is 11.6 Å². The van der Waals surface area contributed by atoms with Gasteiger partial charge in [-0.15, -0.1) is 0 Å². The first-order chi connectivity index (χ1) is 10.6. The van der Waals surface area contributed by atoms with Gasteiger partial charge >= 0.3 is 0 Å². The Morgan fingerprint density at radius 2 is 1.64 bits per heavy atom. The van der Waals surface area contributed by atoms with Crippen molar-refractivity contribution < 1.29 is 9.59 Å². The van der Waals surface area contributed by atoms with Crippen LogP contribution in [0.25, 0.3) is 0 Å². The quantitative estimate of drug-likeness (QED) is 0.928. The van der Waals surface area contributed by atoms with Crippen molar-refractivity contribution in [2.75, 3.05) is 18.4 Å². The minimum Gasteiger partial charge on any atom is -0.342 e. The smallest absolute Gasteiger partial charge is 0.228 e. The molecular formula is C17H21ClN2O2. The van der Waals surface area contributed by atoms with Gasteiger partial charge in [-0.25, -0.2) is 0 Å². The van der Waals surface area contributed by atoms with Crippen LogP contribution in [0.15, 0.2) is 24.3 Å². The van der Waals surface area contributed by atoms with Crippen molar-refractivity contribution in [2.45, 2.75) is 32.1 Å². The Kier molecular flexibility index (Phi) is 4.67. The van der Waals surface area contributed by atoms with E-state index in [1.807, 2.05) is 4.90 Å². The third kappa shape index (κ3) is 3.61. The highest BCUT2D eigenvalue weighted by atomic mass is 35.5. The summed E-state index contributed by atoms with van der Waals surface area (Å²) in [4.78, 5) is 26.6. The molecule has 2 aliphatic rings. The lowest BCUT2D eigenvalue weighted by atomic mass is 10.2. The van der Waals surface area contributed by atoms with Crippen LogP contribution >= 0.6 is 11.6 Å². The number of carbonyl (C=O) groups excluding carboxylic acids is 2. The lowest BCUT2D eigenvalue weighted by Crippen LogP contribution is -2.34. The van der Waals surface area contributed by atoms with E-state index in [1.165, 1.54) is 12.8 Å². The summed E-state index contributed by atoms with van der Waals surface area (Å²) >= 11 is 5.82. The van der Waals surface area contributed by atoms with Crippen LogP contribution in [0.4, 0.5) is 5.69 Å². The second kappa shape index (κ2) is 6.69. The Labute approximate surface area is 135 Å². The lowest BCUT2D eigenvalue weighted by molar-refractivity contribution is -0.134. The maximum Gasteiger partial charge on any atom is 0.228 e. The average Bonchev–Trinajstić information content (AvgIpc) is 3.33. The summed E-state index contributed by atoms with van der Waals surface area (Å²) < 4.78 is 0. The van der Waals surface area contributed by atoms with Gasteiger partial charge in [-0.3, -0.25) is 9.59 Å². The van der Waals surface area contributed by atoms with Crippen LogP contribution in [0.1, 0.15) is 32.1 Å². The summed E-state index contributed by atoms with van der Waals surface area (Å²) in [6.45, 7) is 1.70. The van der Waals surface area contributed by atoms with Crippen molar-refractivity contribution in [3.8, 4) is 0 Å². The molecule has 0 bridgehead atoms. The summed E-state index contributed by atoms with van der Waals surface area (Å²) in [6.07, 6.45) is 5.25. The predicted octanol–water partition coefficient (Wildman–Crippen LogP) is 3.32. The number of halogens is 1. The molecule has 1 saturated carbocycles. The number of carbonyl (C=O) groups is 2. The molecule has 2 unspecified atom stereocenters. The maximum atomic E-state index is 12.5. The molecule has 1 aromatic carbocycles. The standard InChI is InChI=1S/C17H21ClN2O2/c18-12-5-7-13(8-6-12)19-16(21)14-11-15(14)17(22)20-9-3-1-2-4-10-20/h5-8,14-15H,1-4,9-11H2,(H,19,21). The number of amides is 2. The van der Waals surface area contributed by atoms with Gasteiger partial charge in [0, 0.05) is 23.8 Å². The molecule has 2 fully saturated rings. The zero-order valence-electron chi connectivity index (χ0n) is 12.6. The topological polar surface area (TPSA) is 49.4 Å². The van der Waals surface area contributed by atoms with E-state index in [1.54, 1.807) is 24.3 Å². The van der Waals surface area contributed by atoms with Gasteiger partial charge in [-0.1, -0.05) is 24.4 Å². The van der Waals surface area contributed by atoms with E-state index in [-0.39, 0.29) is 23.7 Å². The minimum absolute atomic E-state index is 0.0597. The highest BCUT2D eigenvalue weighted by Crippen LogP contribution is 2.41. The van der Waals surface area contributed by atoms with Crippen LogP contribution in [0, 0.1) is 11.8 Å². The largest absolute Gasteiger partial charge is 0.342 e. The third-order valence-corrected chi connectivity index (χ3v) is 4.73. The second-order valence-corrected chi connectivity index (χ2v) is 6.62. The van der Waals surface area contributed by atoms with E-state index >= 15 is 0 Å². The van der Waals surface area contributed by atoms with Gasteiger partial charge in [-0.05, 0) is 43.5 Å². The highest BCUT2D eigenvalue weighted by Gasteiger charge is 2.49. The highest BCUT2D eigenvalue weighted by molar-refractivity contribution is 6.30. The van der Waals surface area contributed by atoms with Crippen molar-refractivity contribution in [3.05, 3.63) is 29.3 Å². The first kappa shape index (κ1) is 15.3. The molecule has 2 atom stereocenters. The molecular weight excluding hydrogens is 300 g/mol. The zero-order valence-corrected chi connectivity index (χ0v) is 13.3. The van der Waals surface area contributed by atoms with Crippen molar-refractivity contribution in [2.24, 2.45) is 11.8 Å². The summed E-state index contributed by atoms with van der Waals surface area (Å²) in [5.41, 5.74) is 0.724. The zero-order chi connectivity index (χ0) is 15.5. The van der Waals surface area contributed by atoms with Crippen LogP contribution < -0.4 is 5.32 Å². The van der Waals surface area contributed by atoms with E-state index in [9.17, 15) is 9.59 Å². The van der Waals surface area contributed by atoms with Gasteiger partial charge in [0.2, 0.25) is 11.8 Å². The fourth-order valence-corrected chi connectivity index (χ4v) is 3.18. The van der Waals surface area contributed by atoms with Crippen LogP contribution in [0.2, 0.25) is 5.02 Å². The Morgan fingerprint density at radius 3 is 2.27 bits per heavy atom. The fraction of sp³-hybridized carbons (Fsp3) is 0.529. The van der Waals surface area contributed by atoms with Crippen molar-refractivity contribution >= 4 is 29.1 Å². The molecule has 1 aromatic rings. The molecule has 1 aliphatic heterocycles. The number of rotatable bonds is 3. The predicted molar refractivity (Wildman–Crippen MR) is 86.7 cm³/mol. The number of benzene rings is 1. The fourth-order valence-electron chi connectivity index (χ4n) is 3.05. The summed E-state index contributed by atoms with van der Waals surface area (Å²) in [7, 11) is 0. The number of nitrogens with zero attached hydrogens (tertiary/aromatic N) is 1. The Balaban J connectivity index is 1.53. The molecule has 1 aliphatic carbocycles. The van der Waals surface area contributed by atoms with Gasteiger partial charge < -0.3 is 10.2 Å². The summed E-state index contributed by atoms with van der Waals surface area (Å²) in [5, 5.41) is 3.50. The first-order valence-corrected chi connectivity index (χ1v) is 8.38. The third-order valence-electron chi connectivity index (χ3n) is 4.47. The number of likely N-dealkylation sites (tertiary alicyclic amines) is 1. The molecule has 4 nitrogen and oxygen atoms in total. The van der Waals surface area contributed by atoms with E-state index in [0.717, 1.165) is 31.6 Å². The molecule has 22 heavy (non-hydrogen) atoms. The number of nitrogens with one attached hydrogen (secondary N) is 1. The first-order valence-electron chi connectivity index (χ1n) is 8.00. The van der Waals surface area contributed by atoms with Gasteiger partial charge in [0.1, 0.15) is 0 Å². The summed E-state index contributed by atoms with van der Waals surface area (Å²) in [6, 6.07) is 7.02. The van der Waals surface area contributed by atoms with Gasteiger partial charge in [0.05, 0.1) is 11.8 Å². The van der Waals surface area contributed by atoms with Crippen LogP contribution in [-0.2, 0) is 9.59 Å².